The monoisotopic (exact) mass is 524 g/mol. The molecule has 3 aromatic carbocycles. The number of rotatable bonds is 4. The average Bonchev–Trinajstić information content (AvgIpc) is 3.42. The van der Waals surface area contributed by atoms with E-state index in [1.54, 1.807) is 59.5 Å². The number of anilines is 2. The summed E-state index contributed by atoms with van der Waals surface area (Å²) in [5, 5.41) is 11.0. The first-order valence-corrected chi connectivity index (χ1v) is 12.6. The van der Waals surface area contributed by atoms with Crippen LogP contribution in [0, 0.1) is 0 Å². The zero-order chi connectivity index (χ0) is 26.6. The number of ether oxygens (including phenoxy) is 1. The number of hydrogen-bond donors (Lipinski definition) is 2. The fourth-order valence-electron chi connectivity index (χ4n) is 6.06. The van der Waals surface area contributed by atoms with Crippen molar-refractivity contribution in [3.8, 4) is 11.5 Å². The van der Waals surface area contributed by atoms with Crippen molar-refractivity contribution in [1.29, 1.82) is 0 Å². The van der Waals surface area contributed by atoms with Crippen LogP contribution in [-0.4, -0.2) is 59.1 Å². The number of halogens is 3. The van der Waals surface area contributed by atoms with Gasteiger partial charge in [0.2, 0.25) is 0 Å². The standard InChI is InChI=1S/C28H27F3N4O3/c29-28(30,31)24-23(38-17-6-2-1-3-7-17)11-10-20(32)25(24)34-15-14-33-13-12-21(22(33)16-34)35-26(36)18-8-4-5-9-19(18)27(35)37/h1-11,21-22,26,36H,12-16,32H2/t21-,22-,26?/m1/s1. The van der Waals surface area contributed by atoms with E-state index >= 15 is 0 Å². The molecule has 0 saturated carbocycles. The molecule has 3 N–H and O–H groups in total. The maximum atomic E-state index is 14.5. The summed E-state index contributed by atoms with van der Waals surface area (Å²) in [4.78, 5) is 18.5. The van der Waals surface area contributed by atoms with E-state index in [1.165, 1.54) is 17.0 Å². The van der Waals surface area contributed by atoms with Crippen LogP contribution in [0.25, 0.3) is 0 Å². The van der Waals surface area contributed by atoms with Crippen molar-refractivity contribution < 1.29 is 27.8 Å². The highest BCUT2D eigenvalue weighted by atomic mass is 19.4. The number of aliphatic hydroxyl groups excluding tert-OH is 1. The lowest BCUT2D eigenvalue weighted by atomic mass is 10.0. The number of hydrogen-bond acceptors (Lipinski definition) is 6. The van der Waals surface area contributed by atoms with Gasteiger partial charge in [0, 0.05) is 43.3 Å². The number of nitrogens with two attached hydrogens (primary N) is 1. The highest BCUT2D eigenvalue weighted by Gasteiger charge is 2.49. The van der Waals surface area contributed by atoms with Gasteiger partial charge in [0.25, 0.3) is 5.91 Å². The molecular formula is C28H27F3N4O3. The summed E-state index contributed by atoms with van der Waals surface area (Å²) in [6.07, 6.45) is -5.19. The molecule has 198 valence electrons. The molecule has 2 saturated heterocycles. The van der Waals surface area contributed by atoms with Gasteiger partial charge in [-0.2, -0.15) is 13.2 Å². The van der Waals surface area contributed by atoms with Crippen LogP contribution >= 0.6 is 0 Å². The molecule has 38 heavy (non-hydrogen) atoms. The number of carbonyl (C=O) groups is 1. The predicted molar refractivity (Wildman–Crippen MR) is 136 cm³/mol. The number of piperazine rings is 1. The lowest BCUT2D eigenvalue weighted by molar-refractivity contribution is -0.138. The first-order chi connectivity index (χ1) is 18.2. The van der Waals surface area contributed by atoms with Crippen LogP contribution in [0.4, 0.5) is 24.5 Å². The van der Waals surface area contributed by atoms with E-state index in [2.05, 4.69) is 4.90 Å². The van der Waals surface area contributed by atoms with E-state index in [9.17, 15) is 23.1 Å². The Balaban J connectivity index is 1.34. The van der Waals surface area contributed by atoms with Crippen LogP contribution in [0.15, 0.2) is 66.7 Å². The number of alkyl halides is 3. The fourth-order valence-corrected chi connectivity index (χ4v) is 6.06. The Morgan fingerprint density at radius 2 is 1.66 bits per heavy atom. The minimum Gasteiger partial charge on any atom is -0.457 e. The third-order valence-electron chi connectivity index (χ3n) is 7.76. The van der Waals surface area contributed by atoms with Crippen LogP contribution in [0.1, 0.15) is 34.1 Å². The molecule has 2 fully saturated rings. The van der Waals surface area contributed by atoms with Crippen LogP contribution in [0.3, 0.4) is 0 Å². The molecular weight excluding hydrogens is 497 g/mol. The van der Waals surface area contributed by atoms with Gasteiger partial charge in [0.1, 0.15) is 17.1 Å². The predicted octanol–water partition coefficient (Wildman–Crippen LogP) is 4.49. The second-order valence-electron chi connectivity index (χ2n) is 9.87. The number of nitrogen functional groups attached to an aromatic ring is 1. The molecule has 0 aromatic heterocycles. The van der Waals surface area contributed by atoms with E-state index in [1.807, 2.05) is 0 Å². The van der Waals surface area contributed by atoms with Crippen molar-refractivity contribution >= 4 is 17.3 Å². The first-order valence-electron chi connectivity index (χ1n) is 12.6. The first kappa shape index (κ1) is 24.6. The third-order valence-corrected chi connectivity index (χ3v) is 7.76. The SMILES string of the molecule is Nc1ccc(Oc2ccccc2)c(C(F)(F)F)c1N1CCN2CC[C@@H](N3C(=O)c4ccccc4C3O)[C@H]2C1. The third kappa shape index (κ3) is 4.04. The lowest BCUT2D eigenvalue weighted by Crippen LogP contribution is -2.57. The maximum absolute atomic E-state index is 14.5. The number of nitrogens with zero attached hydrogens (tertiary/aromatic N) is 3. The zero-order valence-corrected chi connectivity index (χ0v) is 20.4. The highest BCUT2D eigenvalue weighted by molar-refractivity contribution is 5.99. The van der Waals surface area contributed by atoms with Crippen molar-refractivity contribution in [1.82, 2.24) is 9.80 Å². The number of benzene rings is 3. The fraction of sp³-hybridized carbons (Fsp3) is 0.321. The van der Waals surface area contributed by atoms with Gasteiger partial charge in [-0.3, -0.25) is 9.69 Å². The number of aliphatic hydroxyl groups is 1. The number of amides is 1. The molecule has 3 atom stereocenters. The normalized spacial score (nSPS) is 23.5. The molecule has 1 amide bonds. The lowest BCUT2D eigenvalue weighted by Gasteiger charge is -2.43. The second-order valence-corrected chi connectivity index (χ2v) is 9.87. The Labute approximate surface area is 217 Å². The molecule has 3 aliphatic heterocycles. The molecule has 3 aromatic rings. The van der Waals surface area contributed by atoms with Crippen LogP contribution < -0.4 is 15.4 Å². The Morgan fingerprint density at radius 1 is 0.921 bits per heavy atom. The quantitative estimate of drug-likeness (QED) is 0.490. The van der Waals surface area contributed by atoms with Gasteiger partial charge in [-0.05, 0) is 36.8 Å². The maximum Gasteiger partial charge on any atom is 0.422 e. The van der Waals surface area contributed by atoms with E-state index in [4.69, 9.17) is 10.5 Å². The summed E-state index contributed by atoms with van der Waals surface area (Å²) in [5.74, 6) is -0.291. The van der Waals surface area contributed by atoms with E-state index < -0.39 is 18.0 Å². The zero-order valence-electron chi connectivity index (χ0n) is 20.4. The molecule has 6 rings (SSSR count). The van der Waals surface area contributed by atoms with Crippen molar-refractivity contribution in [2.45, 2.75) is 30.9 Å². The van der Waals surface area contributed by atoms with Gasteiger partial charge < -0.3 is 25.4 Å². The molecule has 0 spiro atoms. The molecule has 0 aliphatic carbocycles. The van der Waals surface area contributed by atoms with Gasteiger partial charge in [-0.1, -0.05) is 36.4 Å². The molecule has 1 unspecified atom stereocenters. The molecule has 10 heteroatoms. The van der Waals surface area contributed by atoms with Crippen LogP contribution in [-0.2, 0) is 6.18 Å². The number of para-hydroxylation sites is 1. The van der Waals surface area contributed by atoms with Gasteiger partial charge in [0.15, 0.2) is 6.23 Å². The summed E-state index contributed by atoms with van der Waals surface area (Å²) < 4.78 is 49.3. The summed E-state index contributed by atoms with van der Waals surface area (Å²) in [6, 6.07) is 17.3. The largest absolute Gasteiger partial charge is 0.457 e. The second kappa shape index (κ2) is 9.21. The van der Waals surface area contributed by atoms with Gasteiger partial charge in [-0.25, -0.2) is 0 Å². The minimum absolute atomic E-state index is 0.00502. The Bertz CT molecular complexity index is 1370. The summed E-state index contributed by atoms with van der Waals surface area (Å²) in [5.41, 5.74) is 6.17. The van der Waals surface area contributed by atoms with Gasteiger partial charge >= 0.3 is 6.18 Å². The van der Waals surface area contributed by atoms with Crippen molar-refractivity contribution in [2.75, 3.05) is 36.8 Å². The molecule has 3 aliphatic rings. The Morgan fingerprint density at radius 3 is 2.39 bits per heavy atom. The summed E-state index contributed by atoms with van der Waals surface area (Å²) in [7, 11) is 0. The van der Waals surface area contributed by atoms with Gasteiger partial charge in [0.05, 0.1) is 17.4 Å². The highest BCUT2D eigenvalue weighted by Crippen LogP contribution is 2.48. The average molecular weight is 525 g/mol. The summed E-state index contributed by atoms with van der Waals surface area (Å²) >= 11 is 0. The van der Waals surface area contributed by atoms with Gasteiger partial charge in [-0.15, -0.1) is 0 Å². The molecule has 3 heterocycles. The van der Waals surface area contributed by atoms with Crippen molar-refractivity contribution in [3.63, 3.8) is 0 Å². The van der Waals surface area contributed by atoms with Crippen LogP contribution in [0.5, 0.6) is 11.5 Å². The smallest absolute Gasteiger partial charge is 0.422 e. The van der Waals surface area contributed by atoms with Crippen LogP contribution in [0.2, 0.25) is 0 Å². The van der Waals surface area contributed by atoms with Crippen molar-refractivity contribution in [2.24, 2.45) is 0 Å². The number of carbonyl (C=O) groups excluding carboxylic acids is 1. The Hall–Kier alpha value is -3.76. The van der Waals surface area contributed by atoms with E-state index in [0.717, 1.165) is 0 Å². The molecule has 7 nitrogen and oxygen atoms in total. The molecule has 0 bridgehead atoms. The summed E-state index contributed by atoms with van der Waals surface area (Å²) in [6.45, 7) is 1.75. The van der Waals surface area contributed by atoms with Crippen molar-refractivity contribution in [3.05, 3.63) is 83.4 Å². The minimum atomic E-state index is -4.72. The number of fused-ring (bicyclic) bond motifs is 2. The molecule has 0 radical (unpaired) electrons. The topological polar surface area (TPSA) is 82.3 Å². The van der Waals surface area contributed by atoms with E-state index in [0.29, 0.717) is 37.2 Å². The Kier molecular flexibility index (Phi) is 5.96. The van der Waals surface area contributed by atoms with E-state index in [-0.39, 0.29) is 47.4 Å².